The lowest BCUT2D eigenvalue weighted by molar-refractivity contribution is -0.139. The molecule has 0 aliphatic rings. The van der Waals surface area contributed by atoms with Crippen LogP contribution in [-0.2, 0) is 9.53 Å². The molecule has 0 aliphatic carbocycles. The lowest BCUT2D eigenvalue weighted by Gasteiger charge is -2.00. The molecule has 3 rings (SSSR count). The Hall–Kier alpha value is -2.99. The quantitative estimate of drug-likeness (QED) is 0.326. The second-order valence-corrected chi connectivity index (χ2v) is 7.59. The first-order valence-corrected chi connectivity index (χ1v) is 10.1. The maximum Gasteiger partial charge on any atom is 0.316 e. The SMILES string of the molecule is CCOC(=O)CSc1nnc(NC(=O)c2nn(-c3ccc(F)cc3)cc2OC)s1. The van der Waals surface area contributed by atoms with Gasteiger partial charge >= 0.3 is 5.97 Å². The number of carbonyl (C=O) groups excluding carboxylic acids is 2. The minimum absolute atomic E-state index is 0.0350. The van der Waals surface area contributed by atoms with Crippen LogP contribution in [0.4, 0.5) is 9.52 Å². The van der Waals surface area contributed by atoms with E-state index >= 15 is 0 Å². The number of thioether (sulfide) groups is 1. The molecule has 0 spiro atoms. The van der Waals surface area contributed by atoms with Crippen LogP contribution in [0.2, 0.25) is 0 Å². The number of amides is 1. The molecule has 3 aromatic rings. The van der Waals surface area contributed by atoms with Gasteiger partial charge in [0.2, 0.25) is 5.13 Å². The smallest absolute Gasteiger partial charge is 0.316 e. The molecule has 0 unspecified atom stereocenters. The zero-order chi connectivity index (χ0) is 20.8. The number of nitrogens with one attached hydrogen (secondary N) is 1. The minimum atomic E-state index is -0.541. The van der Waals surface area contributed by atoms with Gasteiger partial charge < -0.3 is 9.47 Å². The molecule has 0 saturated carbocycles. The number of methoxy groups -OCH3 is 1. The number of ether oxygens (including phenoxy) is 2. The van der Waals surface area contributed by atoms with Crippen LogP contribution >= 0.6 is 23.1 Å². The lowest BCUT2D eigenvalue weighted by Crippen LogP contribution is -2.14. The number of hydrogen-bond donors (Lipinski definition) is 1. The first-order chi connectivity index (χ1) is 14.0. The second kappa shape index (κ2) is 9.47. The van der Waals surface area contributed by atoms with Crippen molar-refractivity contribution in [1.82, 2.24) is 20.0 Å². The summed E-state index contributed by atoms with van der Waals surface area (Å²) >= 11 is 2.28. The van der Waals surface area contributed by atoms with E-state index in [9.17, 15) is 14.0 Å². The number of nitrogens with zero attached hydrogens (tertiary/aromatic N) is 4. The number of esters is 1. The monoisotopic (exact) mass is 437 g/mol. The Labute approximate surface area is 173 Å². The Morgan fingerprint density at radius 2 is 2.03 bits per heavy atom. The van der Waals surface area contributed by atoms with Crippen LogP contribution < -0.4 is 10.1 Å². The number of rotatable bonds is 8. The summed E-state index contributed by atoms with van der Waals surface area (Å²) in [6, 6.07) is 5.64. The van der Waals surface area contributed by atoms with Gasteiger partial charge in [0.25, 0.3) is 5.91 Å². The molecule has 0 bridgehead atoms. The molecule has 9 nitrogen and oxygen atoms in total. The lowest BCUT2D eigenvalue weighted by atomic mass is 10.3. The number of halogens is 1. The van der Waals surface area contributed by atoms with Crippen LogP contribution in [0.5, 0.6) is 5.75 Å². The van der Waals surface area contributed by atoms with Crippen molar-refractivity contribution < 1.29 is 23.5 Å². The van der Waals surface area contributed by atoms with Gasteiger partial charge in [-0.25, -0.2) is 9.07 Å². The number of carbonyl (C=O) groups is 2. The Morgan fingerprint density at radius 1 is 1.28 bits per heavy atom. The summed E-state index contributed by atoms with van der Waals surface area (Å²) in [5.41, 5.74) is 0.602. The minimum Gasteiger partial charge on any atom is -0.493 e. The average molecular weight is 437 g/mol. The normalized spacial score (nSPS) is 10.6. The zero-order valence-electron chi connectivity index (χ0n) is 15.4. The van der Waals surface area contributed by atoms with Gasteiger partial charge in [0.05, 0.1) is 31.4 Å². The zero-order valence-corrected chi connectivity index (χ0v) is 17.1. The van der Waals surface area contributed by atoms with Crippen molar-refractivity contribution in [1.29, 1.82) is 0 Å². The van der Waals surface area contributed by atoms with Crippen LogP contribution in [0.1, 0.15) is 17.4 Å². The third kappa shape index (κ3) is 5.29. The largest absolute Gasteiger partial charge is 0.493 e. The molecule has 0 radical (unpaired) electrons. The van der Waals surface area contributed by atoms with Gasteiger partial charge in [0.1, 0.15) is 5.82 Å². The highest BCUT2D eigenvalue weighted by Crippen LogP contribution is 2.27. The summed E-state index contributed by atoms with van der Waals surface area (Å²) in [6.07, 6.45) is 1.52. The molecule has 1 aromatic carbocycles. The highest BCUT2D eigenvalue weighted by atomic mass is 32.2. The molecule has 1 amide bonds. The highest BCUT2D eigenvalue weighted by Gasteiger charge is 2.20. The van der Waals surface area contributed by atoms with E-state index in [1.807, 2.05) is 0 Å². The van der Waals surface area contributed by atoms with Crippen molar-refractivity contribution in [2.45, 2.75) is 11.3 Å². The molecule has 2 aromatic heterocycles. The predicted molar refractivity (Wildman–Crippen MR) is 105 cm³/mol. The van der Waals surface area contributed by atoms with Crippen molar-refractivity contribution in [3.8, 4) is 11.4 Å². The molecule has 12 heteroatoms. The second-order valence-electron chi connectivity index (χ2n) is 5.39. The van der Waals surface area contributed by atoms with Crippen molar-refractivity contribution in [3.05, 3.63) is 42.0 Å². The van der Waals surface area contributed by atoms with Crippen LogP contribution in [0, 0.1) is 5.82 Å². The average Bonchev–Trinajstić information content (AvgIpc) is 3.34. The molecule has 29 heavy (non-hydrogen) atoms. The summed E-state index contributed by atoms with van der Waals surface area (Å²) in [5.74, 6) is -0.922. The van der Waals surface area contributed by atoms with Gasteiger partial charge in [-0.3, -0.25) is 14.9 Å². The molecule has 152 valence electrons. The Morgan fingerprint density at radius 3 is 2.72 bits per heavy atom. The fraction of sp³-hybridized carbons (Fsp3) is 0.235. The van der Waals surface area contributed by atoms with Crippen LogP contribution in [0.25, 0.3) is 5.69 Å². The summed E-state index contributed by atoms with van der Waals surface area (Å²) < 4.78 is 25.1. The molecular formula is C17H16FN5O4S2. The van der Waals surface area contributed by atoms with E-state index in [0.717, 1.165) is 11.3 Å². The summed E-state index contributed by atoms with van der Waals surface area (Å²) in [5, 5.41) is 14.9. The van der Waals surface area contributed by atoms with Gasteiger partial charge in [0, 0.05) is 0 Å². The fourth-order valence-corrected chi connectivity index (χ4v) is 3.73. The first-order valence-electron chi connectivity index (χ1n) is 8.33. The van der Waals surface area contributed by atoms with E-state index in [1.165, 1.54) is 54.0 Å². The van der Waals surface area contributed by atoms with Crippen LogP contribution in [0.3, 0.4) is 0 Å². The van der Waals surface area contributed by atoms with E-state index in [1.54, 1.807) is 6.92 Å². The van der Waals surface area contributed by atoms with Gasteiger partial charge in [-0.05, 0) is 31.2 Å². The van der Waals surface area contributed by atoms with Gasteiger partial charge in [-0.2, -0.15) is 5.10 Å². The number of benzene rings is 1. The van der Waals surface area contributed by atoms with Crippen LogP contribution in [-0.4, -0.2) is 51.3 Å². The Kier molecular flexibility index (Phi) is 6.77. The molecule has 0 atom stereocenters. The molecule has 0 saturated heterocycles. The molecule has 1 N–H and O–H groups in total. The van der Waals surface area contributed by atoms with Crippen LogP contribution in [0.15, 0.2) is 34.8 Å². The molecule has 0 aliphatic heterocycles. The standard InChI is InChI=1S/C17H16FN5O4S2/c1-3-27-13(24)9-28-17-21-20-16(29-17)19-15(25)14-12(26-2)8-23(22-14)11-6-4-10(18)5-7-11/h4-8H,3,9H2,1-2H3,(H,19,20,25). The van der Waals surface area contributed by atoms with Crippen molar-refractivity contribution in [2.75, 3.05) is 24.8 Å². The summed E-state index contributed by atoms with van der Waals surface area (Å²) in [4.78, 5) is 24.0. The highest BCUT2D eigenvalue weighted by molar-refractivity contribution is 8.01. The van der Waals surface area contributed by atoms with Crippen molar-refractivity contribution in [2.24, 2.45) is 0 Å². The Bertz CT molecular complexity index is 1010. The third-order valence-electron chi connectivity index (χ3n) is 3.45. The summed E-state index contributed by atoms with van der Waals surface area (Å²) in [7, 11) is 1.41. The van der Waals surface area contributed by atoms with E-state index in [-0.39, 0.29) is 34.1 Å². The van der Waals surface area contributed by atoms with Crippen molar-refractivity contribution >= 4 is 40.1 Å². The topological polar surface area (TPSA) is 108 Å². The molecule has 2 heterocycles. The number of anilines is 1. The summed E-state index contributed by atoms with van der Waals surface area (Å²) in [6.45, 7) is 2.04. The van der Waals surface area contributed by atoms with E-state index in [2.05, 4.69) is 20.6 Å². The first kappa shape index (κ1) is 20.7. The number of aromatic nitrogens is 4. The van der Waals surface area contributed by atoms with Crippen molar-refractivity contribution in [3.63, 3.8) is 0 Å². The predicted octanol–water partition coefficient (Wildman–Crippen LogP) is 2.78. The molecular weight excluding hydrogens is 421 g/mol. The third-order valence-corrected chi connectivity index (χ3v) is 5.40. The maximum atomic E-state index is 13.1. The maximum absolute atomic E-state index is 13.1. The van der Waals surface area contributed by atoms with Gasteiger partial charge in [-0.1, -0.05) is 23.1 Å². The molecule has 0 fully saturated rings. The van der Waals surface area contributed by atoms with Gasteiger partial charge in [-0.15, -0.1) is 10.2 Å². The fourth-order valence-electron chi connectivity index (χ4n) is 2.19. The van der Waals surface area contributed by atoms with E-state index < -0.39 is 5.91 Å². The number of hydrogen-bond acceptors (Lipinski definition) is 9. The Balaban J connectivity index is 1.69. The van der Waals surface area contributed by atoms with Gasteiger partial charge in [0.15, 0.2) is 15.8 Å². The van der Waals surface area contributed by atoms with E-state index in [0.29, 0.717) is 16.6 Å². The van der Waals surface area contributed by atoms with E-state index in [4.69, 9.17) is 9.47 Å².